The predicted molar refractivity (Wildman–Crippen MR) is 101 cm³/mol. The van der Waals surface area contributed by atoms with Crippen molar-refractivity contribution in [2.45, 2.75) is 19.3 Å². The molecule has 1 saturated heterocycles. The van der Waals surface area contributed by atoms with Crippen LogP contribution < -0.4 is 9.64 Å². The number of amides is 1. The summed E-state index contributed by atoms with van der Waals surface area (Å²) in [6.45, 7) is 5.39. The molecule has 132 valence electrons. The maximum Gasteiger partial charge on any atom is 0.223 e. The van der Waals surface area contributed by atoms with Gasteiger partial charge in [-0.05, 0) is 23.6 Å². The van der Waals surface area contributed by atoms with E-state index in [1.165, 1.54) is 5.56 Å². The van der Waals surface area contributed by atoms with Crippen molar-refractivity contribution in [1.82, 2.24) is 4.90 Å². The Labute approximate surface area is 150 Å². The second kappa shape index (κ2) is 8.06. The highest BCUT2D eigenvalue weighted by Crippen LogP contribution is 2.23. The van der Waals surface area contributed by atoms with E-state index in [4.69, 9.17) is 4.74 Å². The molecule has 1 aliphatic rings. The van der Waals surface area contributed by atoms with E-state index in [0.717, 1.165) is 37.6 Å². The van der Waals surface area contributed by atoms with E-state index >= 15 is 0 Å². The number of benzene rings is 2. The van der Waals surface area contributed by atoms with Crippen LogP contribution in [0, 0.1) is 0 Å². The van der Waals surface area contributed by atoms with Crippen molar-refractivity contribution in [3.05, 3.63) is 60.2 Å². The van der Waals surface area contributed by atoms with Crippen molar-refractivity contribution in [3.8, 4) is 5.75 Å². The van der Waals surface area contributed by atoms with Crippen molar-refractivity contribution >= 4 is 11.6 Å². The van der Waals surface area contributed by atoms with E-state index in [-0.39, 0.29) is 11.8 Å². The Balaban J connectivity index is 1.54. The van der Waals surface area contributed by atoms with Crippen LogP contribution in [0.4, 0.5) is 5.69 Å². The van der Waals surface area contributed by atoms with Crippen molar-refractivity contribution in [1.29, 1.82) is 0 Å². The standard InChI is InChI=1S/C21H26N2O2/c1-17(18-7-4-3-5-8-18)15-21(24)23-13-11-22(12-14-23)19-9-6-10-20(16-19)25-2/h3-10,16-17H,11-15H2,1-2H3. The van der Waals surface area contributed by atoms with Gasteiger partial charge in [-0.3, -0.25) is 4.79 Å². The van der Waals surface area contributed by atoms with Crippen molar-refractivity contribution in [2.75, 3.05) is 38.2 Å². The average Bonchev–Trinajstić information content (AvgIpc) is 2.68. The molecule has 1 heterocycles. The van der Waals surface area contributed by atoms with Gasteiger partial charge in [-0.15, -0.1) is 0 Å². The third kappa shape index (κ3) is 4.32. The summed E-state index contributed by atoms with van der Waals surface area (Å²) in [6, 6.07) is 18.4. The lowest BCUT2D eigenvalue weighted by Crippen LogP contribution is -2.49. The summed E-state index contributed by atoms with van der Waals surface area (Å²) in [5.41, 5.74) is 2.38. The highest BCUT2D eigenvalue weighted by atomic mass is 16.5. The molecule has 1 atom stereocenters. The van der Waals surface area contributed by atoms with Gasteiger partial charge in [0, 0.05) is 44.4 Å². The van der Waals surface area contributed by atoms with Crippen LogP contribution >= 0.6 is 0 Å². The maximum atomic E-state index is 12.6. The number of rotatable bonds is 5. The Morgan fingerprint density at radius 2 is 1.76 bits per heavy atom. The first-order valence-corrected chi connectivity index (χ1v) is 8.89. The molecule has 0 spiro atoms. The minimum Gasteiger partial charge on any atom is -0.497 e. The van der Waals surface area contributed by atoms with E-state index in [1.807, 2.05) is 35.2 Å². The molecule has 0 radical (unpaired) electrons. The van der Waals surface area contributed by atoms with Crippen LogP contribution in [0.2, 0.25) is 0 Å². The summed E-state index contributed by atoms with van der Waals surface area (Å²) in [4.78, 5) is 16.9. The Morgan fingerprint density at radius 1 is 1.04 bits per heavy atom. The maximum absolute atomic E-state index is 12.6. The molecule has 1 unspecified atom stereocenters. The first kappa shape index (κ1) is 17.3. The number of hydrogen-bond donors (Lipinski definition) is 0. The Bertz CT molecular complexity index is 694. The molecule has 2 aromatic rings. The van der Waals surface area contributed by atoms with Crippen LogP contribution in [0.1, 0.15) is 24.8 Å². The molecule has 4 nitrogen and oxygen atoms in total. The predicted octanol–water partition coefficient (Wildman–Crippen LogP) is 3.54. The molecule has 1 fully saturated rings. The Hall–Kier alpha value is -2.49. The normalized spacial score (nSPS) is 15.8. The molecule has 1 aliphatic heterocycles. The molecule has 0 bridgehead atoms. The van der Waals surface area contributed by atoms with Crippen molar-refractivity contribution in [3.63, 3.8) is 0 Å². The fraction of sp³-hybridized carbons (Fsp3) is 0.381. The van der Waals surface area contributed by atoms with Crippen LogP contribution in [-0.4, -0.2) is 44.1 Å². The minimum absolute atomic E-state index is 0.252. The molecule has 4 heteroatoms. The van der Waals surface area contributed by atoms with Gasteiger partial charge in [0.15, 0.2) is 0 Å². The molecular formula is C21H26N2O2. The lowest BCUT2D eigenvalue weighted by atomic mass is 9.97. The number of carbonyl (C=O) groups excluding carboxylic acids is 1. The minimum atomic E-state index is 0.252. The monoisotopic (exact) mass is 338 g/mol. The highest BCUT2D eigenvalue weighted by molar-refractivity contribution is 5.77. The van der Waals surface area contributed by atoms with Crippen molar-refractivity contribution in [2.24, 2.45) is 0 Å². The number of hydrogen-bond acceptors (Lipinski definition) is 3. The zero-order valence-electron chi connectivity index (χ0n) is 15.0. The summed E-state index contributed by atoms with van der Waals surface area (Å²) >= 11 is 0. The average molecular weight is 338 g/mol. The molecule has 0 N–H and O–H groups in total. The molecule has 0 aromatic heterocycles. The molecule has 3 rings (SSSR count). The van der Waals surface area contributed by atoms with Gasteiger partial charge in [0.05, 0.1) is 7.11 Å². The summed E-state index contributed by atoms with van der Waals surface area (Å²) < 4.78 is 5.30. The zero-order chi connectivity index (χ0) is 17.6. The molecule has 2 aromatic carbocycles. The van der Waals surface area contributed by atoms with E-state index in [0.29, 0.717) is 6.42 Å². The van der Waals surface area contributed by atoms with Crippen molar-refractivity contribution < 1.29 is 9.53 Å². The summed E-state index contributed by atoms with van der Waals surface area (Å²) in [5, 5.41) is 0. The number of ether oxygens (including phenoxy) is 1. The van der Waals surface area contributed by atoms with Gasteiger partial charge in [0.25, 0.3) is 0 Å². The topological polar surface area (TPSA) is 32.8 Å². The van der Waals surface area contributed by atoms with Gasteiger partial charge in [-0.25, -0.2) is 0 Å². The third-order valence-electron chi connectivity index (χ3n) is 4.90. The van der Waals surface area contributed by atoms with E-state index < -0.39 is 0 Å². The number of methoxy groups -OCH3 is 1. The lowest BCUT2D eigenvalue weighted by Gasteiger charge is -2.36. The quantitative estimate of drug-likeness (QED) is 0.836. The largest absolute Gasteiger partial charge is 0.497 e. The van der Waals surface area contributed by atoms with Crippen LogP contribution in [0.5, 0.6) is 5.75 Å². The number of nitrogens with zero attached hydrogens (tertiary/aromatic N) is 2. The van der Waals surface area contributed by atoms with Gasteiger partial charge in [-0.2, -0.15) is 0 Å². The molecule has 25 heavy (non-hydrogen) atoms. The van der Waals surface area contributed by atoms with E-state index in [1.54, 1.807) is 7.11 Å². The SMILES string of the molecule is COc1cccc(N2CCN(C(=O)CC(C)c3ccccc3)CC2)c1. The summed E-state index contributed by atoms with van der Waals surface area (Å²) in [7, 11) is 1.68. The summed E-state index contributed by atoms with van der Waals surface area (Å²) in [5.74, 6) is 1.37. The molecule has 1 amide bonds. The van der Waals surface area contributed by atoms with Gasteiger partial charge in [-0.1, -0.05) is 43.3 Å². The van der Waals surface area contributed by atoms with Gasteiger partial charge in [0.2, 0.25) is 5.91 Å². The second-order valence-electron chi connectivity index (χ2n) is 6.59. The second-order valence-corrected chi connectivity index (χ2v) is 6.59. The number of carbonyl (C=O) groups is 1. The van der Waals surface area contributed by atoms with Crippen LogP contribution in [0.15, 0.2) is 54.6 Å². The number of anilines is 1. The van der Waals surface area contributed by atoms with Crippen LogP contribution in [-0.2, 0) is 4.79 Å². The van der Waals surface area contributed by atoms with Crippen LogP contribution in [0.3, 0.4) is 0 Å². The molecular weight excluding hydrogens is 312 g/mol. The van der Waals surface area contributed by atoms with Gasteiger partial charge in [0.1, 0.15) is 5.75 Å². The first-order chi connectivity index (χ1) is 12.2. The molecule has 0 saturated carbocycles. The highest BCUT2D eigenvalue weighted by Gasteiger charge is 2.23. The van der Waals surface area contributed by atoms with Gasteiger partial charge >= 0.3 is 0 Å². The fourth-order valence-electron chi connectivity index (χ4n) is 3.31. The third-order valence-corrected chi connectivity index (χ3v) is 4.90. The smallest absolute Gasteiger partial charge is 0.223 e. The lowest BCUT2D eigenvalue weighted by molar-refractivity contribution is -0.131. The van der Waals surface area contributed by atoms with Crippen LogP contribution in [0.25, 0.3) is 0 Å². The van der Waals surface area contributed by atoms with E-state index in [9.17, 15) is 4.79 Å². The van der Waals surface area contributed by atoms with Gasteiger partial charge < -0.3 is 14.5 Å². The summed E-state index contributed by atoms with van der Waals surface area (Å²) in [6.07, 6.45) is 0.573. The Kier molecular flexibility index (Phi) is 5.59. The van der Waals surface area contributed by atoms with E-state index in [2.05, 4.69) is 36.1 Å². The zero-order valence-corrected chi connectivity index (χ0v) is 15.0. The molecule has 0 aliphatic carbocycles. The number of piperazine rings is 1. The first-order valence-electron chi connectivity index (χ1n) is 8.89. The Morgan fingerprint density at radius 3 is 2.44 bits per heavy atom. The fourth-order valence-corrected chi connectivity index (χ4v) is 3.31.